The molecule has 0 fully saturated rings. The Morgan fingerprint density at radius 3 is 2.65 bits per heavy atom. The molecule has 0 amide bonds. The fourth-order valence-electron chi connectivity index (χ4n) is 5.00. The van der Waals surface area contributed by atoms with Crippen molar-refractivity contribution in [1.29, 1.82) is 5.26 Å². The Labute approximate surface area is 253 Å². The molecular formula is C32H40N8O2Si. The Morgan fingerprint density at radius 1 is 1.21 bits per heavy atom. The maximum absolute atomic E-state index is 13.4. The third-order valence-electron chi connectivity index (χ3n) is 8.78. The highest BCUT2D eigenvalue weighted by atomic mass is 28.4. The average molecular weight is 597 g/mol. The van der Waals surface area contributed by atoms with Gasteiger partial charge in [0, 0.05) is 56.0 Å². The lowest BCUT2D eigenvalue weighted by atomic mass is 9.83. The number of aryl methyl sites for hydroxylation is 2. The molecule has 1 atom stereocenters. The first kappa shape index (κ1) is 30.2. The molecule has 4 heterocycles. The zero-order valence-electron chi connectivity index (χ0n) is 26.2. The van der Waals surface area contributed by atoms with Crippen LogP contribution in [0.2, 0.25) is 18.1 Å². The van der Waals surface area contributed by atoms with Crippen molar-refractivity contribution in [2.45, 2.75) is 64.7 Å². The van der Waals surface area contributed by atoms with E-state index in [4.69, 9.17) is 9.41 Å². The molecule has 0 saturated carbocycles. The number of nitriles is 1. The Hall–Kier alpha value is -4.27. The predicted molar refractivity (Wildman–Crippen MR) is 172 cm³/mol. The molecule has 0 radical (unpaired) electrons. The van der Waals surface area contributed by atoms with Gasteiger partial charge in [-0.1, -0.05) is 27.7 Å². The first-order valence-electron chi connectivity index (χ1n) is 14.4. The minimum Gasteiger partial charge on any atom is -0.416 e. The average Bonchev–Trinajstić information content (AvgIpc) is 3.51. The van der Waals surface area contributed by atoms with Gasteiger partial charge in [0.2, 0.25) is 5.95 Å². The molecule has 11 heteroatoms. The molecule has 10 nitrogen and oxygen atoms in total. The van der Waals surface area contributed by atoms with E-state index in [0.717, 1.165) is 28.2 Å². The predicted octanol–water partition coefficient (Wildman–Crippen LogP) is 5.72. The second kappa shape index (κ2) is 11.1. The molecule has 43 heavy (non-hydrogen) atoms. The van der Waals surface area contributed by atoms with Crippen molar-refractivity contribution in [3.05, 3.63) is 81.9 Å². The first-order chi connectivity index (χ1) is 20.2. The van der Waals surface area contributed by atoms with Crippen LogP contribution in [0.4, 0.5) is 17.3 Å². The summed E-state index contributed by atoms with van der Waals surface area (Å²) in [5, 5.41) is 16.7. The highest BCUT2D eigenvalue weighted by Crippen LogP contribution is 2.44. The topological polar surface area (TPSA) is 123 Å². The highest BCUT2D eigenvalue weighted by molar-refractivity contribution is 6.74. The van der Waals surface area contributed by atoms with Gasteiger partial charge in [-0.15, -0.1) is 0 Å². The van der Waals surface area contributed by atoms with Gasteiger partial charge in [-0.3, -0.25) is 4.79 Å². The summed E-state index contributed by atoms with van der Waals surface area (Å²) in [5.41, 5.74) is 4.70. The van der Waals surface area contributed by atoms with E-state index in [9.17, 15) is 10.1 Å². The lowest BCUT2D eigenvalue weighted by Crippen LogP contribution is -2.45. The molecule has 3 aromatic heterocycles. The normalized spacial score (nSPS) is 16.4. The van der Waals surface area contributed by atoms with Crippen molar-refractivity contribution in [3.8, 4) is 17.3 Å². The SMILES string of the molecule is Cc1cc(Nc2nccc(-c3cc(C#N)c4c(c3)[C@@](C)(CO[Si](C)(C)C(C)(C)C)CN4)n2)c(=O)n(Cc2nccn2C)c1. The van der Waals surface area contributed by atoms with Gasteiger partial charge in [-0.05, 0) is 60.4 Å². The molecule has 1 aliphatic heterocycles. The van der Waals surface area contributed by atoms with E-state index >= 15 is 0 Å². The molecule has 224 valence electrons. The summed E-state index contributed by atoms with van der Waals surface area (Å²) in [6.07, 6.45) is 7.04. The number of imidazole rings is 1. The second-order valence-electron chi connectivity index (χ2n) is 13.2. The zero-order valence-corrected chi connectivity index (χ0v) is 27.2. The molecule has 0 unspecified atom stereocenters. The number of rotatable bonds is 8. The number of nitrogens with one attached hydrogen (secondary N) is 2. The maximum Gasteiger partial charge on any atom is 0.274 e. The number of benzene rings is 1. The molecule has 4 aromatic rings. The molecular weight excluding hydrogens is 556 g/mol. The number of pyridine rings is 1. The standard InChI is InChI=1S/C32H40N8O2Si/c1-21-13-26(29(41)40(17-21)18-27-34-11-12-39(27)6)38-30-35-10-9-25(37-30)22-14-23(16-33)28-24(15-22)32(5,19-36-28)20-42-43(7,8)31(2,3)4/h9-15,17,36H,18-20H2,1-8H3,(H,35,37,38)/t32-/m1/s1. The van der Waals surface area contributed by atoms with Crippen LogP contribution in [0.1, 0.15) is 50.2 Å². The molecule has 0 aliphatic carbocycles. The number of nitrogens with zero attached hydrogens (tertiary/aromatic N) is 6. The summed E-state index contributed by atoms with van der Waals surface area (Å²) in [6.45, 7) is 16.9. The van der Waals surface area contributed by atoms with Crippen molar-refractivity contribution in [3.63, 3.8) is 0 Å². The Kier molecular flexibility index (Phi) is 7.79. The quantitative estimate of drug-likeness (QED) is 0.248. The first-order valence-corrected chi connectivity index (χ1v) is 17.4. The molecule has 2 N–H and O–H groups in total. The van der Waals surface area contributed by atoms with E-state index in [1.54, 1.807) is 23.0 Å². The summed E-state index contributed by atoms with van der Waals surface area (Å²) in [7, 11) is -0.0715. The van der Waals surface area contributed by atoms with E-state index in [2.05, 4.69) is 73.5 Å². The minimum absolute atomic E-state index is 0.0982. The summed E-state index contributed by atoms with van der Waals surface area (Å²) >= 11 is 0. The zero-order chi connectivity index (χ0) is 31.2. The summed E-state index contributed by atoms with van der Waals surface area (Å²) < 4.78 is 10.2. The van der Waals surface area contributed by atoms with Crippen LogP contribution >= 0.6 is 0 Å². The number of anilines is 3. The third-order valence-corrected chi connectivity index (χ3v) is 13.3. The van der Waals surface area contributed by atoms with Crippen LogP contribution in [0.3, 0.4) is 0 Å². The van der Waals surface area contributed by atoms with Crippen LogP contribution in [-0.4, -0.2) is 45.6 Å². The van der Waals surface area contributed by atoms with Crippen molar-refractivity contribution in [2.75, 3.05) is 23.8 Å². The van der Waals surface area contributed by atoms with Crippen LogP contribution in [0.25, 0.3) is 11.3 Å². The smallest absolute Gasteiger partial charge is 0.274 e. The number of fused-ring (bicyclic) bond motifs is 1. The summed E-state index contributed by atoms with van der Waals surface area (Å²) in [4.78, 5) is 26.8. The van der Waals surface area contributed by atoms with Gasteiger partial charge in [0.25, 0.3) is 5.56 Å². The van der Waals surface area contributed by atoms with Crippen LogP contribution in [-0.2, 0) is 23.4 Å². The number of aromatic nitrogens is 5. The van der Waals surface area contributed by atoms with Crippen molar-refractivity contribution in [1.82, 2.24) is 24.1 Å². The molecule has 0 saturated heterocycles. The minimum atomic E-state index is -1.97. The van der Waals surface area contributed by atoms with Crippen molar-refractivity contribution >= 4 is 25.6 Å². The highest BCUT2D eigenvalue weighted by Gasteiger charge is 2.42. The van der Waals surface area contributed by atoms with Gasteiger partial charge >= 0.3 is 0 Å². The van der Waals surface area contributed by atoms with Crippen LogP contribution < -0.4 is 16.2 Å². The van der Waals surface area contributed by atoms with Gasteiger partial charge in [-0.25, -0.2) is 15.0 Å². The van der Waals surface area contributed by atoms with Crippen LogP contribution in [0.5, 0.6) is 0 Å². The van der Waals surface area contributed by atoms with Crippen molar-refractivity contribution < 1.29 is 4.43 Å². The lowest BCUT2D eigenvalue weighted by molar-refractivity contribution is 0.220. The van der Waals surface area contributed by atoms with Crippen LogP contribution in [0, 0.1) is 18.3 Å². The maximum atomic E-state index is 13.4. The third kappa shape index (κ3) is 5.98. The molecule has 5 rings (SSSR count). The Bertz CT molecular complexity index is 1780. The molecule has 1 aromatic carbocycles. The Morgan fingerprint density at radius 2 is 1.98 bits per heavy atom. The van der Waals surface area contributed by atoms with Gasteiger partial charge in [0.05, 0.1) is 23.5 Å². The van der Waals surface area contributed by atoms with Gasteiger partial charge in [-0.2, -0.15) is 5.26 Å². The van der Waals surface area contributed by atoms with Gasteiger partial charge < -0.3 is 24.2 Å². The van der Waals surface area contributed by atoms with E-state index < -0.39 is 8.32 Å². The number of hydrogen-bond donors (Lipinski definition) is 2. The van der Waals surface area contributed by atoms with Gasteiger partial charge in [0.15, 0.2) is 8.32 Å². The van der Waals surface area contributed by atoms with Crippen LogP contribution in [0.15, 0.2) is 53.8 Å². The lowest BCUT2D eigenvalue weighted by Gasteiger charge is -2.39. The second-order valence-corrected chi connectivity index (χ2v) is 18.0. The molecule has 0 bridgehead atoms. The largest absolute Gasteiger partial charge is 0.416 e. The Balaban J connectivity index is 1.46. The van der Waals surface area contributed by atoms with E-state index in [1.165, 1.54) is 0 Å². The molecule has 1 aliphatic rings. The van der Waals surface area contributed by atoms with Crippen molar-refractivity contribution in [2.24, 2.45) is 7.05 Å². The van der Waals surface area contributed by atoms with E-state index in [1.807, 2.05) is 43.1 Å². The van der Waals surface area contributed by atoms with E-state index in [0.29, 0.717) is 42.6 Å². The monoisotopic (exact) mass is 596 g/mol. The number of hydrogen-bond acceptors (Lipinski definition) is 8. The van der Waals surface area contributed by atoms with Gasteiger partial charge in [0.1, 0.15) is 17.6 Å². The fourth-order valence-corrected chi connectivity index (χ4v) is 6.11. The fraction of sp³-hybridized carbons (Fsp3) is 0.406. The van der Waals surface area contributed by atoms with E-state index in [-0.39, 0.29) is 16.0 Å². The summed E-state index contributed by atoms with van der Waals surface area (Å²) in [6, 6.07) is 9.92. The molecule has 0 spiro atoms. The summed E-state index contributed by atoms with van der Waals surface area (Å²) in [5.74, 6) is 1.07.